The lowest BCUT2D eigenvalue weighted by Crippen LogP contribution is -2.59. The molecular weight excluding hydrogens is 650 g/mol. The highest BCUT2D eigenvalue weighted by Gasteiger charge is 2.32. The minimum atomic E-state index is -1.60. The van der Waals surface area contributed by atoms with E-state index in [4.69, 9.17) is 33.5 Å². The molecule has 0 fully saturated rings. The first-order valence-corrected chi connectivity index (χ1v) is 15.1. The second-order valence-electron chi connectivity index (χ2n) is 9.94. The number of hydrogen-bond acceptors (Lipinski definition) is 12. The van der Waals surface area contributed by atoms with Gasteiger partial charge in [0.25, 0.3) is 0 Å². The van der Waals surface area contributed by atoms with Gasteiger partial charge in [-0.05, 0) is 26.2 Å². The third-order valence-electron chi connectivity index (χ3n) is 6.05. The minimum Gasteiger partial charge on any atom is -0.480 e. The van der Waals surface area contributed by atoms with Crippen LogP contribution in [0.4, 0.5) is 0 Å². The van der Waals surface area contributed by atoms with Gasteiger partial charge in [0.15, 0.2) is 5.96 Å². The van der Waals surface area contributed by atoms with Crippen molar-refractivity contribution in [3.05, 3.63) is 0 Å². The Morgan fingerprint density at radius 2 is 1.20 bits per heavy atom. The van der Waals surface area contributed by atoms with E-state index >= 15 is 0 Å². The lowest BCUT2D eigenvalue weighted by molar-refractivity contribution is -0.141. The Balaban J connectivity index is 5.86. The highest BCUT2D eigenvalue weighted by Crippen LogP contribution is 2.05. The van der Waals surface area contributed by atoms with E-state index in [9.17, 15) is 38.4 Å². The number of carbonyl (C=O) groups excluding carboxylic acids is 7. The number of amides is 7. The van der Waals surface area contributed by atoms with Crippen LogP contribution in [-0.2, 0) is 38.4 Å². The molecule has 20 nitrogen and oxygen atoms in total. The third-order valence-corrected chi connectivity index (χ3v) is 6.81. The van der Waals surface area contributed by atoms with Gasteiger partial charge in [0.1, 0.15) is 30.2 Å². The van der Waals surface area contributed by atoms with Crippen molar-refractivity contribution in [3.63, 3.8) is 0 Å². The maximum atomic E-state index is 13.2. The molecule has 0 rings (SSSR count). The molecule has 260 valence electrons. The maximum absolute atomic E-state index is 13.2. The molecule has 0 spiro atoms. The number of aliphatic carboxylic acids is 1. The molecule has 0 radical (unpaired) electrons. The van der Waals surface area contributed by atoms with Crippen molar-refractivity contribution in [1.29, 1.82) is 5.41 Å². The van der Waals surface area contributed by atoms with Crippen LogP contribution in [0.25, 0.3) is 0 Å². The molecule has 16 N–H and O–H groups in total. The van der Waals surface area contributed by atoms with Gasteiger partial charge in [-0.1, -0.05) is 0 Å². The van der Waals surface area contributed by atoms with E-state index in [-0.39, 0.29) is 49.7 Å². The van der Waals surface area contributed by atoms with Crippen molar-refractivity contribution in [3.8, 4) is 0 Å². The predicted octanol–water partition coefficient (Wildman–Crippen LogP) is -5.89. The summed E-state index contributed by atoms with van der Waals surface area (Å²) in [6.45, 7) is 1.35. The van der Waals surface area contributed by atoms with Crippen LogP contribution in [-0.4, -0.2) is 113 Å². The molecule has 0 aliphatic heterocycles. The zero-order chi connectivity index (χ0) is 35.6. The van der Waals surface area contributed by atoms with Crippen molar-refractivity contribution in [2.45, 2.75) is 75.3 Å². The zero-order valence-electron chi connectivity index (χ0n) is 25.0. The first-order valence-electron chi connectivity index (χ1n) is 13.8. The van der Waals surface area contributed by atoms with Crippen molar-refractivity contribution in [2.75, 3.05) is 18.1 Å². The molecule has 0 aromatic heterocycles. The fourth-order valence-electron chi connectivity index (χ4n) is 3.53. The van der Waals surface area contributed by atoms with Gasteiger partial charge in [-0.2, -0.15) is 25.3 Å². The summed E-state index contributed by atoms with van der Waals surface area (Å²) >= 11 is 7.76. The number of carboxylic acid groups (broad SMARTS) is 1. The number of nitrogens with two attached hydrogens (primary N) is 4. The van der Waals surface area contributed by atoms with Crippen molar-refractivity contribution < 1.29 is 43.5 Å². The minimum absolute atomic E-state index is 0.0542. The SMILES string of the molecule is C[C@H](NC(=O)[C@H](CCCNC(=N)N)NC(=O)[C@H](CCC(N)=O)NC(=O)[C@@H](N)CS)C(=O)N[C@@H](CC(N)=O)C(=O)N[C@@H](CS)C(=O)O. The summed E-state index contributed by atoms with van der Waals surface area (Å²) in [6.07, 6.45) is -1.12. The Bertz CT molecular complexity index is 1140. The van der Waals surface area contributed by atoms with Gasteiger partial charge >= 0.3 is 5.97 Å². The molecule has 0 saturated heterocycles. The molecular formula is C24H43N11O9S2. The molecule has 22 heteroatoms. The highest BCUT2D eigenvalue weighted by atomic mass is 32.1. The van der Waals surface area contributed by atoms with Crippen molar-refractivity contribution in [2.24, 2.45) is 22.9 Å². The van der Waals surface area contributed by atoms with E-state index in [0.29, 0.717) is 0 Å². The average molecular weight is 694 g/mol. The first-order chi connectivity index (χ1) is 21.4. The van der Waals surface area contributed by atoms with Crippen LogP contribution in [0.15, 0.2) is 0 Å². The van der Waals surface area contributed by atoms with E-state index < -0.39 is 90.0 Å². The molecule has 0 bridgehead atoms. The number of carbonyl (C=O) groups is 8. The number of hydrogen-bond donors (Lipinski definition) is 14. The second kappa shape index (κ2) is 21.4. The topological polar surface area (TPSA) is 357 Å². The molecule has 46 heavy (non-hydrogen) atoms. The number of guanidine groups is 1. The summed E-state index contributed by atoms with van der Waals surface area (Å²) in [5.74, 6) is -8.40. The number of carboxylic acids is 1. The molecule has 0 aromatic carbocycles. The quantitative estimate of drug-likeness (QED) is 0.0218. The lowest BCUT2D eigenvalue weighted by atomic mass is 10.1. The van der Waals surface area contributed by atoms with Crippen LogP contribution < -0.4 is 54.8 Å². The van der Waals surface area contributed by atoms with E-state index in [2.05, 4.69) is 57.2 Å². The molecule has 6 atom stereocenters. The fourth-order valence-corrected chi connectivity index (χ4v) is 3.95. The number of thiol groups is 2. The number of nitrogens with one attached hydrogen (secondary N) is 7. The highest BCUT2D eigenvalue weighted by molar-refractivity contribution is 7.80. The Morgan fingerprint density at radius 1 is 0.696 bits per heavy atom. The molecule has 0 unspecified atom stereocenters. The van der Waals surface area contributed by atoms with Crippen LogP contribution >= 0.6 is 25.3 Å². The average Bonchev–Trinajstić information content (AvgIpc) is 2.97. The van der Waals surface area contributed by atoms with Gasteiger partial charge in [-0.25, -0.2) is 4.79 Å². The van der Waals surface area contributed by atoms with Crippen molar-refractivity contribution in [1.82, 2.24) is 31.9 Å². The summed E-state index contributed by atoms with van der Waals surface area (Å²) in [5, 5.41) is 30.5. The Kier molecular flexibility index (Phi) is 19.4. The van der Waals surface area contributed by atoms with Crippen LogP contribution in [0.3, 0.4) is 0 Å². The Hall–Kier alpha value is -4.31. The Morgan fingerprint density at radius 3 is 1.70 bits per heavy atom. The van der Waals surface area contributed by atoms with E-state index in [1.54, 1.807) is 0 Å². The van der Waals surface area contributed by atoms with Crippen LogP contribution in [0.2, 0.25) is 0 Å². The predicted molar refractivity (Wildman–Crippen MR) is 170 cm³/mol. The van der Waals surface area contributed by atoms with E-state index in [1.807, 2.05) is 0 Å². The summed E-state index contributed by atoms with van der Waals surface area (Å²) in [7, 11) is 0. The molecule has 0 heterocycles. The van der Waals surface area contributed by atoms with Gasteiger partial charge in [-0.3, -0.25) is 39.0 Å². The zero-order valence-corrected chi connectivity index (χ0v) is 26.8. The largest absolute Gasteiger partial charge is 0.480 e. The number of primary amides is 2. The van der Waals surface area contributed by atoms with Crippen LogP contribution in [0.1, 0.15) is 39.0 Å². The standard InChI is InChI=1S/C24H43N11O9S2/c1-10(18(38)34-14(7-17(27)37)22(42)35-15(9-46)23(43)44)31-20(40)12(3-2-6-30-24(28)29)33-21(41)13(4-5-16(26)36)32-19(39)11(25)8-45/h10-15,45-46H,2-9,25H2,1H3,(H2,26,36)(H2,27,37)(H,31,40)(H,32,39)(H,33,41)(H,34,38)(H,35,42)(H,43,44)(H4,28,29,30)/t10-,11-,12-,13-,14-,15-/m0/s1. The monoisotopic (exact) mass is 693 g/mol. The molecule has 0 aliphatic carbocycles. The molecule has 7 amide bonds. The van der Waals surface area contributed by atoms with Crippen molar-refractivity contribution >= 4 is 78.5 Å². The summed E-state index contributed by atoms with van der Waals surface area (Å²) in [5.41, 5.74) is 21.3. The van der Waals surface area contributed by atoms with Crippen LogP contribution in [0, 0.1) is 5.41 Å². The summed E-state index contributed by atoms with van der Waals surface area (Å²) in [6, 6.07) is -8.16. The van der Waals surface area contributed by atoms with Gasteiger partial charge in [-0.15, -0.1) is 0 Å². The molecule has 0 aliphatic rings. The summed E-state index contributed by atoms with van der Waals surface area (Å²) in [4.78, 5) is 98.3. The second-order valence-corrected chi connectivity index (χ2v) is 10.7. The summed E-state index contributed by atoms with van der Waals surface area (Å²) < 4.78 is 0. The molecule has 0 saturated carbocycles. The van der Waals surface area contributed by atoms with Gasteiger partial charge < -0.3 is 59.9 Å². The van der Waals surface area contributed by atoms with Gasteiger partial charge in [0.2, 0.25) is 41.4 Å². The van der Waals surface area contributed by atoms with E-state index in [1.165, 1.54) is 6.92 Å². The van der Waals surface area contributed by atoms with E-state index in [0.717, 1.165) is 0 Å². The maximum Gasteiger partial charge on any atom is 0.327 e. The Labute approximate surface area is 275 Å². The number of rotatable bonds is 22. The first kappa shape index (κ1) is 41.7. The fraction of sp³-hybridized carbons (Fsp3) is 0.625. The molecule has 0 aromatic rings. The lowest BCUT2D eigenvalue weighted by Gasteiger charge is -2.26. The van der Waals surface area contributed by atoms with Gasteiger partial charge in [0, 0.05) is 24.5 Å². The van der Waals surface area contributed by atoms with Crippen LogP contribution in [0.5, 0.6) is 0 Å². The third kappa shape index (κ3) is 16.7. The van der Waals surface area contributed by atoms with Gasteiger partial charge in [0.05, 0.1) is 12.5 Å². The smallest absolute Gasteiger partial charge is 0.327 e. The normalized spacial score (nSPS) is 14.5.